The average Bonchev–Trinajstić information content (AvgIpc) is 3.01. The lowest BCUT2D eigenvalue weighted by molar-refractivity contribution is 0.275. The van der Waals surface area contributed by atoms with Crippen LogP contribution in [-0.2, 0) is 26.4 Å². The lowest BCUT2D eigenvalue weighted by atomic mass is 10.0. The molecule has 5 nitrogen and oxygen atoms in total. The fraction of sp³-hybridized carbons (Fsp3) is 0.400. The van der Waals surface area contributed by atoms with Crippen LogP contribution in [0.2, 0.25) is 0 Å². The van der Waals surface area contributed by atoms with Gasteiger partial charge < -0.3 is 4.52 Å². The van der Waals surface area contributed by atoms with E-state index in [-0.39, 0.29) is 0 Å². The van der Waals surface area contributed by atoms with Crippen molar-refractivity contribution in [2.75, 3.05) is 13.1 Å². The van der Waals surface area contributed by atoms with Crippen LogP contribution >= 0.6 is 0 Å². The SMILES string of the molecule is Cc1noc(C)c1CN1CCc2c(-c3ccccc3)nn(C)c2CC1. The summed E-state index contributed by atoms with van der Waals surface area (Å²) < 4.78 is 7.39. The van der Waals surface area contributed by atoms with Crippen molar-refractivity contribution >= 4 is 0 Å². The van der Waals surface area contributed by atoms with E-state index in [1.807, 2.05) is 13.8 Å². The number of rotatable bonds is 3. The largest absolute Gasteiger partial charge is 0.361 e. The Morgan fingerprint density at radius 2 is 1.84 bits per heavy atom. The van der Waals surface area contributed by atoms with Gasteiger partial charge in [0.05, 0.1) is 11.4 Å². The highest BCUT2D eigenvalue weighted by atomic mass is 16.5. The number of hydrogen-bond acceptors (Lipinski definition) is 4. The van der Waals surface area contributed by atoms with Crippen molar-refractivity contribution in [1.29, 1.82) is 0 Å². The summed E-state index contributed by atoms with van der Waals surface area (Å²) in [4.78, 5) is 2.50. The van der Waals surface area contributed by atoms with E-state index < -0.39 is 0 Å². The Bertz CT molecular complexity index is 859. The van der Waals surface area contributed by atoms with Gasteiger partial charge in [0.2, 0.25) is 0 Å². The van der Waals surface area contributed by atoms with Gasteiger partial charge in [-0.15, -0.1) is 0 Å². The maximum atomic E-state index is 5.32. The van der Waals surface area contributed by atoms with Crippen LogP contribution in [0.4, 0.5) is 0 Å². The van der Waals surface area contributed by atoms with Crippen molar-refractivity contribution in [3.8, 4) is 11.3 Å². The third kappa shape index (κ3) is 3.00. The van der Waals surface area contributed by atoms with Gasteiger partial charge in [-0.2, -0.15) is 5.10 Å². The minimum atomic E-state index is 0.906. The van der Waals surface area contributed by atoms with Crippen LogP contribution in [0, 0.1) is 13.8 Å². The number of aryl methyl sites for hydroxylation is 3. The lowest BCUT2D eigenvalue weighted by Gasteiger charge is -2.19. The first-order valence-electron chi connectivity index (χ1n) is 8.87. The first kappa shape index (κ1) is 16.1. The number of benzene rings is 1. The molecule has 5 heteroatoms. The molecule has 0 bridgehead atoms. The van der Waals surface area contributed by atoms with Crippen LogP contribution in [0.15, 0.2) is 34.9 Å². The molecule has 0 fully saturated rings. The second-order valence-electron chi connectivity index (χ2n) is 6.84. The molecule has 130 valence electrons. The van der Waals surface area contributed by atoms with E-state index in [4.69, 9.17) is 9.62 Å². The molecule has 0 saturated heterocycles. The van der Waals surface area contributed by atoms with Gasteiger partial charge in [-0.25, -0.2) is 0 Å². The molecule has 0 N–H and O–H groups in total. The van der Waals surface area contributed by atoms with E-state index in [2.05, 4.69) is 52.1 Å². The molecular formula is C20H24N4O. The van der Waals surface area contributed by atoms with Crippen molar-refractivity contribution in [1.82, 2.24) is 19.8 Å². The summed E-state index contributed by atoms with van der Waals surface area (Å²) >= 11 is 0. The van der Waals surface area contributed by atoms with Gasteiger partial charge in [0.1, 0.15) is 5.76 Å². The number of aromatic nitrogens is 3. The van der Waals surface area contributed by atoms with Crippen LogP contribution in [0.25, 0.3) is 11.3 Å². The fourth-order valence-electron chi connectivity index (χ4n) is 3.76. The average molecular weight is 336 g/mol. The maximum Gasteiger partial charge on any atom is 0.138 e. The molecule has 1 aliphatic rings. The van der Waals surface area contributed by atoms with E-state index in [9.17, 15) is 0 Å². The number of hydrogen-bond donors (Lipinski definition) is 0. The summed E-state index contributed by atoms with van der Waals surface area (Å²) in [5.41, 5.74) is 7.34. The Morgan fingerprint density at radius 3 is 2.56 bits per heavy atom. The van der Waals surface area contributed by atoms with Crippen molar-refractivity contribution < 1.29 is 4.52 Å². The Kier molecular flexibility index (Phi) is 4.17. The smallest absolute Gasteiger partial charge is 0.138 e. The van der Waals surface area contributed by atoms with E-state index in [0.717, 1.165) is 49.6 Å². The summed E-state index contributed by atoms with van der Waals surface area (Å²) in [5.74, 6) is 0.936. The summed E-state index contributed by atoms with van der Waals surface area (Å²) in [5, 5.41) is 8.89. The van der Waals surface area contributed by atoms with Crippen molar-refractivity contribution in [3.05, 3.63) is 58.6 Å². The second kappa shape index (κ2) is 6.48. The van der Waals surface area contributed by atoms with Crippen LogP contribution in [0.3, 0.4) is 0 Å². The van der Waals surface area contributed by atoms with Crippen molar-refractivity contribution in [3.63, 3.8) is 0 Å². The van der Waals surface area contributed by atoms with Gasteiger partial charge in [-0.1, -0.05) is 35.5 Å². The van der Waals surface area contributed by atoms with Gasteiger partial charge in [0, 0.05) is 55.5 Å². The first-order chi connectivity index (χ1) is 12.1. The number of fused-ring (bicyclic) bond motifs is 1. The quantitative estimate of drug-likeness (QED) is 0.736. The van der Waals surface area contributed by atoms with Crippen LogP contribution in [0.5, 0.6) is 0 Å². The van der Waals surface area contributed by atoms with Gasteiger partial charge in [0.25, 0.3) is 0 Å². The monoisotopic (exact) mass is 336 g/mol. The molecule has 1 aromatic carbocycles. The van der Waals surface area contributed by atoms with E-state index >= 15 is 0 Å². The molecule has 0 unspecified atom stereocenters. The Morgan fingerprint density at radius 1 is 1.08 bits per heavy atom. The van der Waals surface area contributed by atoms with Gasteiger partial charge in [-0.05, 0) is 20.3 Å². The Labute approximate surface area is 148 Å². The lowest BCUT2D eigenvalue weighted by Crippen LogP contribution is -2.26. The minimum absolute atomic E-state index is 0.906. The third-order valence-corrected chi connectivity index (χ3v) is 5.23. The van der Waals surface area contributed by atoms with E-state index in [1.54, 1.807) is 0 Å². The third-order valence-electron chi connectivity index (χ3n) is 5.23. The van der Waals surface area contributed by atoms with Crippen molar-refractivity contribution in [2.24, 2.45) is 7.05 Å². The maximum absolute atomic E-state index is 5.32. The predicted octanol–water partition coefficient (Wildman–Crippen LogP) is 3.29. The highest BCUT2D eigenvalue weighted by Gasteiger charge is 2.23. The second-order valence-corrected chi connectivity index (χ2v) is 6.84. The topological polar surface area (TPSA) is 47.1 Å². The summed E-state index contributed by atoms with van der Waals surface area (Å²) in [6.07, 6.45) is 2.05. The normalized spacial score (nSPS) is 15.2. The van der Waals surface area contributed by atoms with Crippen LogP contribution in [0.1, 0.15) is 28.3 Å². The summed E-state index contributed by atoms with van der Waals surface area (Å²) in [6.45, 7) is 6.99. The highest BCUT2D eigenvalue weighted by molar-refractivity contribution is 5.64. The molecule has 3 heterocycles. The molecule has 3 aromatic rings. The van der Waals surface area contributed by atoms with Crippen molar-refractivity contribution in [2.45, 2.75) is 33.2 Å². The molecule has 0 spiro atoms. The first-order valence-corrected chi connectivity index (χ1v) is 8.87. The standard InChI is InChI=1S/C20H24N4O/c1-14-18(15(2)25-22-14)13-24-11-9-17-19(10-12-24)23(3)21-20(17)16-7-5-4-6-8-16/h4-8H,9-13H2,1-3H3. The molecule has 4 rings (SSSR count). The molecule has 1 aliphatic heterocycles. The molecule has 2 aromatic heterocycles. The van der Waals surface area contributed by atoms with Crippen LogP contribution in [-0.4, -0.2) is 32.9 Å². The molecular weight excluding hydrogens is 312 g/mol. The van der Waals surface area contributed by atoms with Gasteiger partial charge in [-0.3, -0.25) is 9.58 Å². The molecule has 0 radical (unpaired) electrons. The minimum Gasteiger partial charge on any atom is -0.361 e. The molecule has 25 heavy (non-hydrogen) atoms. The Balaban J connectivity index is 1.58. The molecule has 0 aliphatic carbocycles. The molecule has 0 saturated carbocycles. The predicted molar refractivity (Wildman–Crippen MR) is 97.3 cm³/mol. The van der Waals surface area contributed by atoms with E-state index in [0.29, 0.717) is 0 Å². The molecule has 0 amide bonds. The van der Waals surface area contributed by atoms with Gasteiger partial charge in [0.15, 0.2) is 0 Å². The van der Waals surface area contributed by atoms with E-state index in [1.165, 1.54) is 22.4 Å². The zero-order valence-corrected chi connectivity index (χ0v) is 15.1. The summed E-state index contributed by atoms with van der Waals surface area (Å²) in [6, 6.07) is 10.5. The zero-order valence-electron chi connectivity index (χ0n) is 15.1. The fourth-order valence-corrected chi connectivity index (χ4v) is 3.76. The Hall–Kier alpha value is -2.40. The number of nitrogens with zero attached hydrogens (tertiary/aromatic N) is 4. The van der Waals surface area contributed by atoms with Crippen LogP contribution < -0.4 is 0 Å². The molecule has 0 atom stereocenters. The highest BCUT2D eigenvalue weighted by Crippen LogP contribution is 2.28. The van der Waals surface area contributed by atoms with Gasteiger partial charge >= 0.3 is 0 Å². The zero-order chi connectivity index (χ0) is 17.4. The summed E-state index contributed by atoms with van der Waals surface area (Å²) in [7, 11) is 2.06.